The van der Waals surface area contributed by atoms with Gasteiger partial charge in [0.1, 0.15) is 0 Å². The Bertz CT molecular complexity index is 575. The molecule has 0 fully saturated rings. The molecule has 0 amide bonds. The smallest absolute Gasteiger partial charge is 0.306 e. The zero-order valence-electron chi connectivity index (χ0n) is 10.8. The van der Waals surface area contributed by atoms with Crippen molar-refractivity contribution in [3.63, 3.8) is 0 Å². The Morgan fingerprint density at radius 1 is 1.45 bits per heavy atom. The van der Waals surface area contributed by atoms with E-state index in [1.807, 2.05) is 0 Å². The first-order chi connectivity index (χ1) is 9.51. The van der Waals surface area contributed by atoms with E-state index < -0.39 is 16.8 Å². The summed E-state index contributed by atoms with van der Waals surface area (Å²) in [6.07, 6.45) is 1.57. The fourth-order valence-corrected chi connectivity index (χ4v) is 3.34. The maximum atomic E-state index is 12.8. The molecule has 0 radical (unpaired) electrons. The lowest BCUT2D eigenvalue weighted by Crippen LogP contribution is -2.44. The minimum absolute atomic E-state index is 0.0990. The van der Waals surface area contributed by atoms with Crippen molar-refractivity contribution in [1.29, 1.82) is 0 Å². The molecule has 1 aliphatic heterocycles. The first-order valence-electron chi connectivity index (χ1n) is 5.96. The summed E-state index contributed by atoms with van der Waals surface area (Å²) < 4.78 is 4.68. The van der Waals surface area contributed by atoms with Crippen LogP contribution in [0.4, 0.5) is 0 Å². The maximum Gasteiger partial charge on any atom is 0.306 e. The van der Waals surface area contributed by atoms with Gasteiger partial charge in [0.2, 0.25) is 0 Å². The van der Waals surface area contributed by atoms with Crippen LogP contribution in [0.5, 0.6) is 0 Å². The molecule has 106 valence electrons. The summed E-state index contributed by atoms with van der Waals surface area (Å²) in [4.78, 5) is 24.4. The lowest BCUT2D eigenvalue weighted by atomic mass is 9.77. The van der Waals surface area contributed by atoms with E-state index in [2.05, 4.69) is 4.74 Å². The van der Waals surface area contributed by atoms with Gasteiger partial charge in [-0.3, -0.25) is 9.59 Å². The highest BCUT2D eigenvalue weighted by molar-refractivity contribution is 8.03. The Labute approximate surface area is 126 Å². The molecule has 2 atom stereocenters. The summed E-state index contributed by atoms with van der Waals surface area (Å²) in [6.45, 7) is 0. The van der Waals surface area contributed by atoms with E-state index >= 15 is 0 Å². The van der Waals surface area contributed by atoms with E-state index in [0.717, 1.165) is 0 Å². The molecule has 0 spiro atoms. The van der Waals surface area contributed by atoms with Crippen molar-refractivity contribution in [3.8, 4) is 0 Å². The number of rotatable bonds is 4. The van der Waals surface area contributed by atoms with Gasteiger partial charge in [-0.2, -0.15) is 0 Å². The molecular weight excluding hydrogens is 298 g/mol. The van der Waals surface area contributed by atoms with E-state index in [-0.39, 0.29) is 12.2 Å². The van der Waals surface area contributed by atoms with E-state index in [1.54, 1.807) is 35.7 Å². The van der Waals surface area contributed by atoms with Crippen molar-refractivity contribution in [1.82, 2.24) is 0 Å². The summed E-state index contributed by atoms with van der Waals surface area (Å²) in [5.74, 6) is -0.741. The summed E-state index contributed by atoms with van der Waals surface area (Å²) in [5.41, 5.74) is 5.29. The van der Waals surface area contributed by atoms with E-state index in [1.165, 1.54) is 18.9 Å². The fourth-order valence-electron chi connectivity index (χ4n) is 2.11. The Morgan fingerprint density at radius 2 is 2.15 bits per heavy atom. The Hall–Kier alpha value is -1.30. The second-order valence-electron chi connectivity index (χ2n) is 4.46. The highest BCUT2D eigenvalue weighted by atomic mass is 35.5. The van der Waals surface area contributed by atoms with Crippen molar-refractivity contribution < 1.29 is 14.3 Å². The molecule has 0 saturated heterocycles. The minimum atomic E-state index is -1.11. The van der Waals surface area contributed by atoms with Gasteiger partial charge in [0.25, 0.3) is 0 Å². The van der Waals surface area contributed by atoms with Crippen molar-refractivity contribution in [3.05, 3.63) is 46.3 Å². The molecule has 1 aromatic carbocycles. The molecule has 2 unspecified atom stereocenters. The Morgan fingerprint density at radius 3 is 2.70 bits per heavy atom. The van der Waals surface area contributed by atoms with Crippen LogP contribution in [-0.4, -0.2) is 24.2 Å². The van der Waals surface area contributed by atoms with Crippen molar-refractivity contribution in [2.45, 2.75) is 11.8 Å². The number of ether oxygens (including phenoxy) is 1. The molecule has 6 heteroatoms. The van der Waals surface area contributed by atoms with Gasteiger partial charge in [0, 0.05) is 5.56 Å². The summed E-state index contributed by atoms with van der Waals surface area (Å²) >= 11 is 7.38. The van der Waals surface area contributed by atoms with Crippen LogP contribution in [0.2, 0.25) is 5.02 Å². The van der Waals surface area contributed by atoms with E-state index in [9.17, 15) is 9.59 Å². The number of halogens is 1. The van der Waals surface area contributed by atoms with Crippen molar-refractivity contribution >= 4 is 35.1 Å². The van der Waals surface area contributed by atoms with Gasteiger partial charge in [0.05, 0.1) is 29.3 Å². The molecule has 20 heavy (non-hydrogen) atoms. The Kier molecular flexibility index (Phi) is 4.52. The number of hydrogen-bond donors (Lipinski definition) is 1. The zero-order chi connectivity index (χ0) is 14.8. The molecule has 0 saturated carbocycles. The summed E-state index contributed by atoms with van der Waals surface area (Å²) in [7, 11) is 1.29. The third kappa shape index (κ3) is 2.61. The number of Topliss-reactive ketones (excluding diaryl/α,β-unsaturated/α-hetero) is 1. The van der Waals surface area contributed by atoms with Gasteiger partial charge >= 0.3 is 5.97 Å². The van der Waals surface area contributed by atoms with Crippen LogP contribution in [0.15, 0.2) is 35.7 Å². The van der Waals surface area contributed by atoms with Crippen LogP contribution in [-0.2, 0) is 9.53 Å². The highest BCUT2D eigenvalue weighted by Crippen LogP contribution is 2.44. The van der Waals surface area contributed by atoms with Crippen LogP contribution < -0.4 is 5.73 Å². The van der Waals surface area contributed by atoms with Gasteiger partial charge in [-0.1, -0.05) is 29.8 Å². The molecule has 0 aliphatic carbocycles. The number of hydrogen-bond acceptors (Lipinski definition) is 5. The van der Waals surface area contributed by atoms with Gasteiger partial charge in [-0.05, 0) is 17.5 Å². The lowest BCUT2D eigenvalue weighted by molar-refractivity contribution is -0.142. The average Bonchev–Trinajstić information content (AvgIpc) is 2.80. The average molecular weight is 312 g/mol. The molecule has 0 bridgehead atoms. The van der Waals surface area contributed by atoms with E-state index in [4.69, 9.17) is 17.3 Å². The van der Waals surface area contributed by atoms with Crippen LogP contribution in [0, 0.1) is 5.41 Å². The quantitative estimate of drug-likeness (QED) is 0.684. The second-order valence-corrected chi connectivity index (χ2v) is 5.92. The molecule has 4 nitrogen and oxygen atoms in total. The Balaban J connectivity index is 2.43. The first kappa shape index (κ1) is 15.1. The summed E-state index contributed by atoms with van der Waals surface area (Å²) in [5, 5.41) is 1.55. The molecule has 1 aromatic rings. The van der Waals surface area contributed by atoms with Crippen LogP contribution >= 0.6 is 23.4 Å². The fraction of sp³-hybridized carbons (Fsp3) is 0.286. The standard InChI is InChI=1S/C14H14ClNO3S/c1-19-11(17)8-14(6-7-20-13(14)16)12(18)9-4-2-3-5-10(9)15/h2-7,13H,8,16H2,1H3. The van der Waals surface area contributed by atoms with Crippen LogP contribution in [0.3, 0.4) is 0 Å². The number of ketones is 1. The molecule has 1 aliphatic rings. The third-order valence-electron chi connectivity index (χ3n) is 3.30. The van der Waals surface area contributed by atoms with Gasteiger partial charge in [0.15, 0.2) is 5.78 Å². The number of benzene rings is 1. The number of methoxy groups -OCH3 is 1. The number of nitrogens with two attached hydrogens (primary N) is 1. The normalized spacial score (nSPS) is 24.6. The van der Waals surface area contributed by atoms with Gasteiger partial charge in [-0.15, -0.1) is 11.8 Å². The molecule has 2 rings (SSSR count). The van der Waals surface area contributed by atoms with Crippen molar-refractivity contribution in [2.75, 3.05) is 7.11 Å². The highest BCUT2D eigenvalue weighted by Gasteiger charge is 2.47. The molecule has 2 N–H and O–H groups in total. The molecule has 0 aromatic heterocycles. The SMILES string of the molecule is COC(=O)CC1(C(=O)c2ccccc2Cl)C=CSC1N. The van der Waals surface area contributed by atoms with Crippen LogP contribution in [0.1, 0.15) is 16.8 Å². The van der Waals surface area contributed by atoms with Crippen LogP contribution in [0.25, 0.3) is 0 Å². The summed E-state index contributed by atoms with van der Waals surface area (Å²) in [6, 6.07) is 6.73. The zero-order valence-corrected chi connectivity index (χ0v) is 12.4. The largest absolute Gasteiger partial charge is 0.469 e. The second kappa shape index (κ2) is 5.99. The lowest BCUT2D eigenvalue weighted by Gasteiger charge is -2.29. The molecule has 1 heterocycles. The molecular formula is C14H14ClNO3S. The van der Waals surface area contributed by atoms with Gasteiger partial charge in [-0.25, -0.2) is 0 Å². The minimum Gasteiger partial charge on any atom is -0.469 e. The number of thioether (sulfide) groups is 1. The predicted octanol–water partition coefficient (Wildman–Crippen LogP) is 2.62. The predicted molar refractivity (Wildman–Crippen MR) is 79.6 cm³/mol. The van der Waals surface area contributed by atoms with Gasteiger partial charge < -0.3 is 10.5 Å². The number of carbonyl (C=O) groups excluding carboxylic acids is 2. The topological polar surface area (TPSA) is 69.4 Å². The monoisotopic (exact) mass is 311 g/mol. The number of esters is 1. The third-order valence-corrected chi connectivity index (χ3v) is 4.64. The maximum absolute atomic E-state index is 12.8. The van der Waals surface area contributed by atoms with E-state index in [0.29, 0.717) is 10.6 Å². The number of carbonyl (C=O) groups is 2. The first-order valence-corrected chi connectivity index (χ1v) is 7.28. The van der Waals surface area contributed by atoms with Crippen molar-refractivity contribution in [2.24, 2.45) is 11.1 Å².